The first-order chi connectivity index (χ1) is 4.72. The van der Waals surface area contributed by atoms with Crippen LogP contribution in [0.5, 0.6) is 0 Å². The van der Waals surface area contributed by atoms with Gasteiger partial charge in [0.05, 0.1) is 6.61 Å². The van der Waals surface area contributed by atoms with Crippen LogP contribution in [-0.4, -0.2) is 23.9 Å². The first-order valence-electron chi connectivity index (χ1n) is 3.20. The summed E-state index contributed by atoms with van der Waals surface area (Å²) in [4.78, 5) is 10.8. The molecule has 0 aliphatic heterocycles. The second-order valence-electron chi connectivity index (χ2n) is 1.84. The van der Waals surface area contributed by atoms with Gasteiger partial charge < -0.3 is 10.5 Å². The molecule has 1 atom stereocenters. The van der Waals surface area contributed by atoms with E-state index in [9.17, 15) is 4.79 Å². The molecule has 0 bridgehead atoms. The Morgan fingerprint density at radius 2 is 2.27 bits per heavy atom. The third-order valence-electron chi connectivity index (χ3n) is 1.01. The first-order valence-corrected chi connectivity index (χ1v) is 4.32. The van der Waals surface area contributed by atoms with E-state index >= 15 is 0 Å². The summed E-state index contributed by atoms with van der Waals surface area (Å²) < 4.78 is 4.67. The van der Waals surface area contributed by atoms with Crippen molar-refractivity contribution in [3.05, 3.63) is 0 Å². The van der Waals surface area contributed by atoms with E-state index in [0.717, 1.165) is 5.33 Å². The van der Waals surface area contributed by atoms with Crippen LogP contribution in [0.25, 0.3) is 0 Å². The Morgan fingerprint density at radius 1 is 1.73 bits per heavy atom. The zero-order chi connectivity index (χ0) is 7.98. The Balaban J connectivity index is 0. The lowest BCUT2D eigenvalue weighted by molar-refractivity contribution is -0.144. The topological polar surface area (TPSA) is 52.3 Å². The van der Waals surface area contributed by atoms with Crippen LogP contribution >= 0.6 is 28.3 Å². The van der Waals surface area contributed by atoms with Gasteiger partial charge in [-0.05, 0) is 13.3 Å². The highest BCUT2D eigenvalue weighted by Gasteiger charge is 2.12. The molecule has 2 N–H and O–H groups in total. The summed E-state index contributed by atoms with van der Waals surface area (Å²) in [6.45, 7) is 2.16. The summed E-state index contributed by atoms with van der Waals surface area (Å²) in [7, 11) is 0. The monoisotopic (exact) mass is 245 g/mol. The maximum atomic E-state index is 10.8. The molecule has 11 heavy (non-hydrogen) atoms. The quantitative estimate of drug-likeness (QED) is 0.597. The molecular formula is C6H13BrClNO2. The number of halogens is 2. The Kier molecular flexibility index (Phi) is 10.4. The number of carbonyl (C=O) groups excluding carboxylic acids is 1. The summed E-state index contributed by atoms with van der Waals surface area (Å²) >= 11 is 3.18. The van der Waals surface area contributed by atoms with E-state index in [-0.39, 0.29) is 18.4 Å². The average Bonchev–Trinajstić information content (AvgIpc) is 1.89. The second kappa shape index (κ2) is 8.30. The first kappa shape index (κ1) is 13.8. The number of hydrogen-bond acceptors (Lipinski definition) is 3. The lowest BCUT2D eigenvalue weighted by Crippen LogP contribution is -2.32. The van der Waals surface area contributed by atoms with Crippen LogP contribution in [0.15, 0.2) is 0 Å². The number of nitrogens with two attached hydrogens (primary N) is 1. The van der Waals surface area contributed by atoms with Gasteiger partial charge in [-0.25, -0.2) is 0 Å². The van der Waals surface area contributed by atoms with Gasteiger partial charge in [0.1, 0.15) is 6.04 Å². The van der Waals surface area contributed by atoms with Crippen LogP contribution in [0, 0.1) is 0 Å². The standard InChI is InChI=1S/C6H12BrNO2.ClH/c1-2-10-6(9)5(8)3-4-7;/h5H,2-4,8H2,1H3;1H/t5-;/m0./s1. The molecule has 0 aliphatic rings. The molecule has 0 aromatic heterocycles. The largest absolute Gasteiger partial charge is 0.465 e. The molecule has 0 saturated heterocycles. The minimum atomic E-state index is -0.473. The SMILES string of the molecule is CCOC(=O)[C@@H](N)CCBr.Cl. The highest BCUT2D eigenvalue weighted by molar-refractivity contribution is 9.09. The molecule has 0 aromatic carbocycles. The molecule has 5 heteroatoms. The third-order valence-corrected chi connectivity index (χ3v) is 1.47. The van der Waals surface area contributed by atoms with Crippen LogP contribution in [0.2, 0.25) is 0 Å². The number of hydrogen-bond donors (Lipinski definition) is 1. The van der Waals surface area contributed by atoms with Crippen LogP contribution in [0.3, 0.4) is 0 Å². The van der Waals surface area contributed by atoms with Crippen molar-refractivity contribution in [2.45, 2.75) is 19.4 Å². The highest BCUT2D eigenvalue weighted by Crippen LogP contribution is 1.95. The summed E-state index contributed by atoms with van der Waals surface area (Å²) in [5, 5.41) is 0.729. The normalized spacial score (nSPS) is 11.5. The molecule has 0 amide bonds. The van der Waals surface area contributed by atoms with Crippen LogP contribution in [0.1, 0.15) is 13.3 Å². The van der Waals surface area contributed by atoms with Gasteiger partial charge in [-0.1, -0.05) is 15.9 Å². The minimum Gasteiger partial charge on any atom is -0.465 e. The Labute approximate surface area is 81.2 Å². The third kappa shape index (κ3) is 6.59. The number of alkyl halides is 1. The Bertz CT molecular complexity index is 113. The lowest BCUT2D eigenvalue weighted by atomic mass is 10.2. The predicted octanol–water partition coefficient (Wildman–Crippen LogP) is 1.08. The number of esters is 1. The molecule has 0 spiro atoms. The number of carbonyl (C=O) groups is 1. The zero-order valence-electron chi connectivity index (χ0n) is 6.38. The Hall–Kier alpha value is 0.200. The zero-order valence-corrected chi connectivity index (χ0v) is 8.78. The van der Waals surface area contributed by atoms with Gasteiger partial charge in [0, 0.05) is 5.33 Å². The maximum Gasteiger partial charge on any atom is 0.322 e. The number of rotatable bonds is 4. The predicted molar refractivity (Wildman–Crippen MR) is 50.3 cm³/mol. The van der Waals surface area contributed by atoms with Gasteiger partial charge in [-0.3, -0.25) is 4.79 Å². The van der Waals surface area contributed by atoms with E-state index in [0.29, 0.717) is 13.0 Å². The molecular weight excluding hydrogens is 233 g/mol. The molecule has 0 fully saturated rings. The van der Waals surface area contributed by atoms with Crippen molar-refractivity contribution < 1.29 is 9.53 Å². The van der Waals surface area contributed by atoms with Gasteiger partial charge >= 0.3 is 5.97 Å². The molecule has 0 heterocycles. The Morgan fingerprint density at radius 3 is 2.64 bits per heavy atom. The molecule has 68 valence electrons. The van der Waals surface area contributed by atoms with Crippen molar-refractivity contribution in [2.24, 2.45) is 5.73 Å². The van der Waals surface area contributed by atoms with Crippen molar-refractivity contribution in [3.63, 3.8) is 0 Å². The van der Waals surface area contributed by atoms with Crippen molar-refractivity contribution in [1.82, 2.24) is 0 Å². The fourth-order valence-corrected chi connectivity index (χ4v) is 0.978. The van der Waals surface area contributed by atoms with Crippen molar-refractivity contribution in [3.8, 4) is 0 Å². The van der Waals surface area contributed by atoms with Gasteiger partial charge in [0.15, 0.2) is 0 Å². The molecule has 0 aliphatic carbocycles. The molecule has 0 rings (SSSR count). The van der Waals surface area contributed by atoms with E-state index in [4.69, 9.17) is 5.73 Å². The van der Waals surface area contributed by atoms with E-state index in [1.54, 1.807) is 6.92 Å². The summed E-state index contributed by atoms with van der Waals surface area (Å²) in [6.07, 6.45) is 0.624. The fourth-order valence-electron chi connectivity index (χ4n) is 0.485. The molecule has 0 radical (unpaired) electrons. The molecule has 0 aromatic rings. The maximum absolute atomic E-state index is 10.8. The average molecular weight is 247 g/mol. The smallest absolute Gasteiger partial charge is 0.322 e. The molecule has 0 saturated carbocycles. The molecule has 0 unspecified atom stereocenters. The van der Waals surface area contributed by atoms with Crippen LogP contribution in [-0.2, 0) is 9.53 Å². The highest BCUT2D eigenvalue weighted by atomic mass is 79.9. The van der Waals surface area contributed by atoms with E-state index in [1.807, 2.05) is 0 Å². The van der Waals surface area contributed by atoms with Crippen LogP contribution in [0.4, 0.5) is 0 Å². The van der Waals surface area contributed by atoms with E-state index in [2.05, 4.69) is 20.7 Å². The summed E-state index contributed by atoms with van der Waals surface area (Å²) in [5.41, 5.74) is 5.41. The molecule has 3 nitrogen and oxygen atoms in total. The minimum absolute atomic E-state index is 0. The van der Waals surface area contributed by atoms with Gasteiger partial charge in [0.25, 0.3) is 0 Å². The van der Waals surface area contributed by atoms with E-state index < -0.39 is 6.04 Å². The second-order valence-corrected chi connectivity index (χ2v) is 2.63. The van der Waals surface area contributed by atoms with Gasteiger partial charge in [-0.15, -0.1) is 12.4 Å². The summed E-state index contributed by atoms with van der Waals surface area (Å²) in [6, 6.07) is -0.473. The van der Waals surface area contributed by atoms with Gasteiger partial charge in [-0.2, -0.15) is 0 Å². The fraction of sp³-hybridized carbons (Fsp3) is 0.833. The van der Waals surface area contributed by atoms with Crippen molar-refractivity contribution in [2.75, 3.05) is 11.9 Å². The number of ether oxygens (including phenoxy) is 1. The summed E-state index contributed by atoms with van der Waals surface area (Å²) in [5.74, 6) is -0.318. The van der Waals surface area contributed by atoms with Crippen LogP contribution < -0.4 is 5.73 Å². The lowest BCUT2D eigenvalue weighted by Gasteiger charge is -2.07. The van der Waals surface area contributed by atoms with E-state index in [1.165, 1.54) is 0 Å². The van der Waals surface area contributed by atoms with Gasteiger partial charge in [0.2, 0.25) is 0 Å². The van der Waals surface area contributed by atoms with Crippen molar-refractivity contribution in [1.29, 1.82) is 0 Å². The van der Waals surface area contributed by atoms with Crippen molar-refractivity contribution >= 4 is 34.3 Å².